The van der Waals surface area contributed by atoms with Crippen LogP contribution in [-0.4, -0.2) is 54.2 Å². The molecule has 5 saturated carbocycles. The number of carboxylic acids is 1. The summed E-state index contributed by atoms with van der Waals surface area (Å²) in [7, 11) is 0. The number of aromatic amines is 1. The van der Waals surface area contributed by atoms with Crippen molar-refractivity contribution in [3.8, 4) is 0 Å². The van der Waals surface area contributed by atoms with Gasteiger partial charge in [-0.05, 0) is 74.8 Å². The van der Waals surface area contributed by atoms with E-state index < -0.39 is 17.7 Å². The molecule has 3 heterocycles. The second-order valence-corrected chi connectivity index (χ2v) is 11.2. The number of carbonyl (C=O) groups is 1. The molecule has 3 aromatic rings. The van der Waals surface area contributed by atoms with Crippen LogP contribution in [0.2, 0.25) is 0 Å². The van der Waals surface area contributed by atoms with Crippen molar-refractivity contribution in [3.63, 3.8) is 0 Å². The number of carboxylic acid groups (broad SMARTS) is 1. The standard InChI is InChI=1S/C24H28N6O.C2HF3O2/c31-24-10-13-6-15(11-24)22(16(7-13)12-24)28-23-17-2-1-5-25-19(17)9-20(27-23)26-21-8-18(29-30-21)14-3-4-14;3-2(4,5)1(6)7/h1-2,5,8-9,13-16,22,31H,3-4,6-7,10-12H2,(H3,26,27,28,29,30);(H,6,7). The van der Waals surface area contributed by atoms with Gasteiger partial charge in [-0.2, -0.15) is 18.3 Å². The highest BCUT2D eigenvalue weighted by Gasteiger charge is 2.54. The molecule has 0 aromatic carbocycles. The Hall–Kier alpha value is -3.41. The molecule has 0 aliphatic heterocycles. The number of rotatable bonds is 5. The van der Waals surface area contributed by atoms with E-state index >= 15 is 0 Å². The summed E-state index contributed by atoms with van der Waals surface area (Å²) in [5, 5.41) is 33.9. The zero-order valence-electron chi connectivity index (χ0n) is 20.5. The maximum absolute atomic E-state index is 10.9. The zero-order valence-corrected chi connectivity index (χ0v) is 20.5. The van der Waals surface area contributed by atoms with Crippen molar-refractivity contribution >= 4 is 34.3 Å². The minimum Gasteiger partial charge on any atom is -0.475 e. The number of nitrogens with zero attached hydrogens (tertiary/aromatic N) is 3. The van der Waals surface area contributed by atoms with E-state index in [9.17, 15) is 18.3 Å². The molecule has 5 N–H and O–H groups in total. The minimum atomic E-state index is -5.08. The maximum Gasteiger partial charge on any atom is 0.490 e. The van der Waals surface area contributed by atoms with Crippen molar-refractivity contribution in [2.45, 2.75) is 68.7 Å². The van der Waals surface area contributed by atoms with Gasteiger partial charge in [0.1, 0.15) is 11.6 Å². The van der Waals surface area contributed by atoms with Gasteiger partial charge in [0.15, 0.2) is 5.82 Å². The minimum absolute atomic E-state index is 0.370. The summed E-state index contributed by atoms with van der Waals surface area (Å²) < 4.78 is 31.7. The van der Waals surface area contributed by atoms with E-state index in [2.05, 4.69) is 37.9 Å². The molecule has 9 nitrogen and oxygen atoms in total. The van der Waals surface area contributed by atoms with Gasteiger partial charge >= 0.3 is 12.1 Å². The molecule has 3 aromatic heterocycles. The molecule has 12 heteroatoms. The van der Waals surface area contributed by atoms with Crippen molar-refractivity contribution in [1.29, 1.82) is 0 Å². The summed E-state index contributed by atoms with van der Waals surface area (Å²) in [4.78, 5) is 18.4. The molecule has 4 bridgehead atoms. The third-order valence-electron chi connectivity index (χ3n) is 8.26. The molecule has 8 rings (SSSR count). The number of halogens is 3. The van der Waals surface area contributed by atoms with E-state index in [-0.39, 0.29) is 0 Å². The fraction of sp³-hybridized carbons (Fsp3) is 0.538. The van der Waals surface area contributed by atoms with Crippen LogP contribution in [0, 0.1) is 17.8 Å². The van der Waals surface area contributed by atoms with Crippen LogP contribution >= 0.6 is 0 Å². The fourth-order valence-corrected chi connectivity index (χ4v) is 6.76. The monoisotopic (exact) mass is 530 g/mol. The molecule has 2 atom stereocenters. The van der Waals surface area contributed by atoms with Crippen LogP contribution in [0.25, 0.3) is 10.9 Å². The number of aliphatic carboxylic acids is 1. The lowest BCUT2D eigenvalue weighted by Gasteiger charge is -2.58. The first-order valence-corrected chi connectivity index (χ1v) is 12.9. The molecular formula is C26H29F3N6O3. The lowest BCUT2D eigenvalue weighted by Crippen LogP contribution is -2.59. The van der Waals surface area contributed by atoms with E-state index in [1.807, 2.05) is 18.3 Å². The van der Waals surface area contributed by atoms with Gasteiger partial charge < -0.3 is 20.8 Å². The summed E-state index contributed by atoms with van der Waals surface area (Å²) in [6.07, 6.45) is 4.52. The number of nitrogens with one attached hydrogen (secondary N) is 3. The summed E-state index contributed by atoms with van der Waals surface area (Å²) in [5.41, 5.74) is 1.70. The smallest absolute Gasteiger partial charge is 0.475 e. The number of aromatic nitrogens is 4. The molecule has 0 spiro atoms. The number of hydrogen-bond donors (Lipinski definition) is 5. The first-order chi connectivity index (χ1) is 18.1. The quantitative estimate of drug-likeness (QED) is 0.312. The van der Waals surface area contributed by atoms with E-state index in [1.54, 1.807) is 0 Å². The van der Waals surface area contributed by atoms with Gasteiger partial charge in [0.2, 0.25) is 0 Å². The number of pyridine rings is 2. The van der Waals surface area contributed by atoms with Crippen LogP contribution in [0.3, 0.4) is 0 Å². The Morgan fingerprint density at radius 1 is 1.11 bits per heavy atom. The predicted octanol–water partition coefficient (Wildman–Crippen LogP) is 4.96. The first-order valence-electron chi connectivity index (χ1n) is 12.9. The largest absolute Gasteiger partial charge is 0.490 e. The van der Waals surface area contributed by atoms with Gasteiger partial charge in [-0.25, -0.2) is 9.78 Å². The molecule has 0 radical (unpaired) electrons. The molecule has 2 unspecified atom stereocenters. The molecule has 202 valence electrons. The molecular weight excluding hydrogens is 501 g/mol. The second kappa shape index (κ2) is 9.11. The lowest BCUT2D eigenvalue weighted by molar-refractivity contribution is -0.192. The Morgan fingerprint density at radius 3 is 2.45 bits per heavy atom. The van der Waals surface area contributed by atoms with Crippen LogP contribution in [0.15, 0.2) is 30.5 Å². The lowest BCUT2D eigenvalue weighted by atomic mass is 9.52. The van der Waals surface area contributed by atoms with Crippen molar-refractivity contribution in [3.05, 3.63) is 36.2 Å². The topological polar surface area (TPSA) is 136 Å². The van der Waals surface area contributed by atoms with Gasteiger partial charge in [-0.15, -0.1) is 0 Å². The molecule has 0 saturated heterocycles. The third kappa shape index (κ3) is 5.01. The van der Waals surface area contributed by atoms with Crippen molar-refractivity contribution in [1.82, 2.24) is 20.2 Å². The highest BCUT2D eigenvalue weighted by Crippen LogP contribution is 2.56. The average molecular weight is 531 g/mol. The van der Waals surface area contributed by atoms with Crippen LogP contribution in [0.1, 0.15) is 56.6 Å². The Bertz CT molecular complexity index is 1340. The molecule has 5 aliphatic rings. The normalized spacial score (nSPS) is 29.6. The van der Waals surface area contributed by atoms with Crippen molar-refractivity contribution < 1.29 is 28.2 Å². The number of fused-ring (bicyclic) bond motifs is 1. The fourth-order valence-electron chi connectivity index (χ4n) is 6.76. The van der Waals surface area contributed by atoms with Crippen LogP contribution in [0.4, 0.5) is 30.6 Å². The molecule has 5 aliphatic carbocycles. The maximum atomic E-state index is 10.9. The van der Waals surface area contributed by atoms with Gasteiger partial charge in [0.25, 0.3) is 0 Å². The summed E-state index contributed by atoms with van der Waals surface area (Å²) in [5.74, 6) is 2.06. The van der Waals surface area contributed by atoms with E-state index in [4.69, 9.17) is 14.9 Å². The van der Waals surface area contributed by atoms with Crippen LogP contribution < -0.4 is 10.6 Å². The zero-order chi connectivity index (χ0) is 26.7. The van der Waals surface area contributed by atoms with Gasteiger partial charge in [0, 0.05) is 41.4 Å². The summed E-state index contributed by atoms with van der Waals surface area (Å²) in [6, 6.07) is 8.51. The van der Waals surface area contributed by atoms with Gasteiger partial charge in [0.05, 0.1) is 11.1 Å². The highest BCUT2D eigenvalue weighted by atomic mass is 19.4. The number of aliphatic hydroxyl groups is 1. The number of hydrogen-bond acceptors (Lipinski definition) is 7. The SMILES string of the molecule is O=C(O)C(F)(F)F.OC12CC3CC(C1)C(Nc1nc(Nc4cc(C5CC5)[nH]n4)cc4ncccc14)C(C3)C2. The summed E-state index contributed by atoms with van der Waals surface area (Å²) in [6.45, 7) is 0. The van der Waals surface area contributed by atoms with E-state index in [0.29, 0.717) is 29.7 Å². The van der Waals surface area contributed by atoms with E-state index in [0.717, 1.165) is 47.6 Å². The molecule has 0 amide bonds. The molecule has 5 fully saturated rings. The first kappa shape index (κ1) is 24.9. The Balaban J connectivity index is 0.000000337. The number of anilines is 3. The van der Waals surface area contributed by atoms with Crippen LogP contribution in [0.5, 0.6) is 0 Å². The highest BCUT2D eigenvalue weighted by molar-refractivity contribution is 5.91. The Morgan fingerprint density at radius 2 is 1.82 bits per heavy atom. The Labute approximate surface area is 216 Å². The van der Waals surface area contributed by atoms with Crippen LogP contribution in [-0.2, 0) is 4.79 Å². The van der Waals surface area contributed by atoms with Crippen molar-refractivity contribution in [2.24, 2.45) is 17.8 Å². The van der Waals surface area contributed by atoms with Gasteiger partial charge in [-0.3, -0.25) is 10.1 Å². The van der Waals surface area contributed by atoms with E-state index in [1.165, 1.54) is 31.4 Å². The predicted molar refractivity (Wildman–Crippen MR) is 133 cm³/mol. The van der Waals surface area contributed by atoms with Crippen molar-refractivity contribution in [2.75, 3.05) is 10.6 Å². The second-order valence-electron chi connectivity index (χ2n) is 11.2. The number of alkyl halides is 3. The summed E-state index contributed by atoms with van der Waals surface area (Å²) >= 11 is 0. The number of H-pyrrole nitrogens is 1. The average Bonchev–Trinajstić information content (AvgIpc) is 3.59. The van der Waals surface area contributed by atoms with Gasteiger partial charge in [-0.1, -0.05) is 0 Å². The molecule has 38 heavy (non-hydrogen) atoms. The Kier molecular flexibility index (Phi) is 5.97. The third-order valence-corrected chi connectivity index (χ3v) is 8.26.